The maximum absolute atomic E-state index is 13.5. The van der Waals surface area contributed by atoms with Gasteiger partial charge in [-0.15, -0.1) is 0 Å². The standard InChI is InChI=1S/C26H36N2O2/c1-7-24(26(30)27-16-18(2)3)28(17-22-10-8-9-19(4)13-22)25(29)15-23-14-20(5)11-12-21(23)6/h8-14,18,24H,7,15-17H2,1-6H3,(H,27,30). The van der Waals surface area contributed by atoms with Crippen molar-refractivity contribution < 1.29 is 9.59 Å². The lowest BCUT2D eigenvalue weighted by atomic mass is 10.0. The Morgan fingerprint density at radius 1 is 1.00 bits per heavy atom. The molecule has 0 aromatic heterocycles. The highest BCUT2D eigenvalue weighted by Crippen LogP contribution is 2.18. The van der Waals surface area contributed by atoms with Crippen LogP contribution >= 0.6 is 0 Å². The van der Waals surface area contributed by atoms with Crippen LogP contribution in [0.15, 0.2) is 42.5 Å². The van der Waals surface area contributed by atoms with Crippen molar-refractivity contribution in [2.45, 2.75) is 67.0 Å². The van der Waals surface area contributed by atoms with Gasteiger partial charge in [0.2, 0.25) is 11.8 Å². The minimum atomic E-state index is -0.484. The van der Waals surface area contributed by atoms with Crippen molar-refractivity contribution in [3.05, 3.63) is 70.3 Å². The number of benzene rings is 2. The number of hydrogen-bond acceptors (Lipinski definition) is 2. The second kappa shape index (κ2) is 11.0. The third kappa shape index (κ3) is 6.72. The zero-order valence-electron chi connectivity index (χ0n) is 19.3. The van der Waals surface area contributed by atoms with E-state index in [1.807, 2.05) is 45.9 Å². The zero-order chi connectivity index (χ0) is 22.3. The summed E-state index contributed by atoms with van der Waals surface area (Å²) in [6, 6.07) is 13.8. The molecule has 0 heterocycles. The van der Waals surface area contributed by atoms with E-state index in [2.05, 4.69) is 43.4 Å². The molecule has 2 aromatic carbocycles. The van der Waals surface area contributed by atoms with Crippen molar-refractivity contribution in [2.24, 2.45) is 5.92 Å². The highest BCUT2D eigenvalue weighted by Gasteiger charge is 2.29. The topological polar surface area (TPSA) is 49.4 Å². The average molecular weight is 409 g/mol. The van der Waals surface area contributed by atoms with Gasteiger partial charge in [-0.25, -0.2) is 0 Å². The van der Waals surface area contributed by atoms with E-state index in [0.29, 0.717) is 31.8 Å². The maximum Gasteiger partial charge on any atom is 0.242 e. The summed E-state index contributed by atoms with van der Waals surface area (Å²) in [7, 11) is 0. The monoisotopic (exact) mass is 408 g/mol. The molecule has 4 nitrogen and oxygen atoms in total. The van der Waals surface area contributed by atoms with Crippen LogP contribution in [0, 0.1) is 26.7 Å². The van der Waals surface area contributed by atoms with Crippen molar-refractivity contribution >= 4 is 11.8 Å². The number of rotatable bonds is 9. The molecule has 162 valence electrons. The molecule has 2 amide bonds. The van der Waals surface area contributed by atoms with Gasteiger partial charge in [0.05, 0.1) is 6.42 Å². The predicted octanol–water partition coefficient (Wildman–Crippen LogP) is 4.73. The first-order valence-corrected chi connectivity index (χ1v) is 10.9. The van der Waals surface area contributed by atoms with Crippen molar-refractivity contribution in [3.63, 3.8) is 0 Å². The van der Waals surface area contributed by atoms with Crippen molar-refractivity contribution in [2.75, 3.05) is 6.54 Å². The molecule has 0 saturated heterocycles. The van der Waals surface area contributed by atoms with Gasteiger partial charge in [0.15, 0.2) is 0 Å². The Kier molecular flexibility index (Phi) is 8.64. The first kappa shape index (κ1) is 23.7. The van der Waals surface area contributed by atoms with E-state index < -0.39 is 6.04 Å². The smallest absolute Gasteiger partial charge is 0.242 e. The Bertz CT molecular complexity index is 873. The average Bonchev–Trinajstić information content (AvgIpc) is 2.69. The van der Waals surface area contributed by atoms with E-state index in [-0.39, 0.29) is 11.8 Å². The highest BCUT2D eigenvalue weighted by atomic mass is 16.2. The molecule has 4 heteroatoms. The van der Waals surface area contributed by atoms with Crippen LogP contribution in [0.25, 0.3) is 0 Å². The van der Waals surface area contributed by atoms with Gasteiger partial charge in [0.1, 0.15) is 6.04 Å². The first-order chi connectivity index (χ1) is 14.2. The minimum absolute atomic E-state index is 0.0169. The molecule has 0 aliphatic carbocycles. The van der Waals surface area contributed by atoms with Gasteiger partial charge in [0, 0.05) is 13.1 Å². The fraction of sp³-hybridized carbons (Fsp3) is 0.462. The van der Waals surface area contributed by atoms with E-state index in [4.69, 9.17) is 0 Å². The largest absolute Gasteiger partial charge is 0.354 e. The molecule has 30 heavy (non-hydrogen) atoms. The van der Waals surface area contributed by atoms with E-state index in [0.717, 1.165) is 27.8 Å². The molecule has 0 fully saturated rings. The van der Waals surface area contributed by atoms with E-state index in [1.54, 1.807) is 4.90 Å². The Labute approximate surface area is 181 Å². The highest BCUT2D eigenvalue weighted by molar-refractivity contribution is 5.88. The summed E-state index contributed by atoms with van der Waals surface area (Å²) < 4.78 is 0. The summed E-state index contributed by atoms with van der Waals surface area (Å²) in [5.41, 5.74) is 5.44. The molecule has 0 aliphatic rings. The molecule has 0 saturated carbocycles. The van der Waals surface area contributed by atoms with Gasteiger partial charge in [-0.2, -0.15) is 0 Å². The fourth-order valence-corrected chi connectivity index (χ4v) is 3.60. The number of nitrogens with one attached hydrogen (secondary N) is 1. The lowest BCUT2D eigenvalue weighted by Gasteiger charge is -2.31. The fourth-order valence-electron chi connectivity index (χ4n) is 3.60. The molecule has 0 aliphatic heterocycles. The molecule has 0 bridgehead atoms. The Balaban J connectivity index is 2.31. The van der Waals surface area contributed by atoms with Crippen LogP contribution in [-0.2, 0) is 22.6 Å². The molecular weight excluding hydrogens is 372 g/mol. The van der Waals surface area contributed by atoms with Crippen LogP contribution in [-0.4, -0.2) is 29.3 Å². The van der Waals surface area contributed by atoms with Crippen LogP contribution in [0.2, 0.25) is 0 Å². The quantitative estimate of drug-likeness (QED) is 0.652. The number of amides is 2. The third-order valence-corrected chi connectivity index (χ3v) is 5.35. The second-order valence-corrected chi connectivity index (χ2v) is 8.68. The van der Waals surface area contributed by atoms with Gasteiger partial charge in [-0.1, -0.05) is 74.4 Å². The number of carbonyl (C=O) groups excluding carboxylic acids is 2. The molecular formula is C26H36N2O2. The zero-order valence-corrected chi connectivity index (χ0v) is 19.3. The second-order valence-electron chi connectivity index (χ2n) is 8.68. The number of aryl methyl sites for hydroxylation is 3. The first-order valence-electron chi connectivity index (χ1n) is 10.9. The Hall–Kier alpha value is -2.62. The van der Waals surface area contributed by atoms with Gasteiger partial charge < -0.3 is 10.2 Å². The van der Waals surface area contributed by atoms with E-state index in [9.17, 15) is 9.59 Å². The van der Waals surface area contributed by atoms with Crippen molar-refractivity contribution in [1.29, 1.82) is 0 Å². The van der Waals surface area contributed by atoms with Crippen LogP contribution in [0.3, 0.4) is 0 Å². The normalized spacial score (nSPS) is 12.0. The van der Waals surface area contributed by atoms with Crippen molar-refractivity contribution in [1.82, 2.24) is 10.2 Å². The van der Waals surface area contributed by atoms with Crippen LogP contribution in [0.5, 0.6) is 0 Å². The lowest BCUT2D eigenvalue weighted by Crippen LogP contribution is -2.50. The van der Waals surface area contributed by atoms with E-state index in [1.165, 1.54) is 0 Å². The van der Waals surface area contributed by atoms with Crippen LogP contribution in [0.4, 0.5) is 0 Å². The third-order valence-electron chi connectivity index (χ3n) is 5.35. The van der Waals surface area contributed by atoms with Crippen LogP contribution in [0.1, 0.15) is 55.0 Å². The maximum atomic E-state index is 13.5. The summed E-state index contributed by atoms with van der Waals surface area (Å²) in [5, 5.41) is 3.02. The number of hydrogen-bond donors (Lipinski definition) is 1. The summed E-state index contributed by atoms with van der Waals surface area (Å²) in [4.78, 5) is 28.2. The molecule has 2 aromatic rings. The summed E-state index contributed by atoms with van der Waals surface area (Å²) in [6.07, 6.45) is 0.877. The molecule has 1 N–H and O–H groups in total. The number of carbonyl (C=O) groups is 2. The molecule has 1 unspecified atom stereocenters. The summed E-state index contributed by atoms with van der Waals surface area (Å²) >= 11 is 0. The van der Waals surface area contributed by atoms with Gasteiger partial charge in [-0.3, -0.25) is 9.59 Å². The summed E-state index contributed by atoms with van der Waals surface area (Å²) in [5.74, 6) is 0.271. The Morgan fingerprint density at radius 3 is 2.33 bits per heavy atom. The predicted molar refractivity (Wildman–Crippen MR) is 123 cm³/mol. The molecule has 0 spiro atoms. The van der Waals surface area contributed by atoms with Crippen LogP contribution < -0.4 is 5.32 Å². The van der Waals surface area contributed by atoms with Gasteiger partial charge in [0.25, 0.3) is 0 Å². The lowest BCUT2D eigenvalue weighted by molar-refractivity contribution is -0.141. The van der Waals surface area contributed by atoms with Gasteiger partial charge >= 0.3 is 0 Å². The summed E-state index contributed by atoms with van der Waals surface area (Å²) in [6.45, 7) is 13.2. The SMILES string of the molecule is CCC(C(=O)NCC(C)C)N(Cc1cccc(C)c1)C(=O)Cc1cc(C)ccc1C. The van der Waals surface area contributed by atoms with Crippen molar-refractivity contribution in [3.8, 4) is 0 Å². The minimum Gasteiger partial charge on any atom is -0.354 e. The Morgan fingerprint density at radius 2 is 1.70 bits per heavy atom. The number of nitrogens with zero attached hydrogens (tertiary/aromatic N) is 1. The van der Waals surface area contributed by atoms with E-state index >= 15 is 0 Å². The molecule has 0 radical (unpaired) electrons. The molecule has 1 atom stereocenters. The molecule has 2 rings (SSSR count). The van der Waals surface area contributed by atoms with Gasteiger partial charge in [-0.05, 0) is 49.8 Å².